The number of hydrogen-bond donors (Lipinski definition) is 3. The number of allylic oxidation sites excluding steroid dienone is 4. The summed E-state index contributed by atoms with van der Waals surface area (Å²) in [4.78, 5) is 76.7. The molecule has 4 rings (SSSR count). The first-order valence-electron chi connectivity index (χ1n) is 14.9. The number of Topliss-reactive ketones (excluding diaryl/α,β-unsaturated/α-hetero) is 1. The molecule has 0 unspecified atom stereocenters. The topological polar surface area (TPSA) is 199 Å². The third-order valence-electron chi connectivity index (χ3n) is 10.2. The second-order valence-corrected chi connectivity index (χ2v) is 13.8. The smallest absolute Gasteiger partial charge is 0.329 e. The van der Waals surface area contributed by atoms with Crippen LogP contribution in [0.3, 0.4) is 0 Å². The van der Waals surface area contributed by atoms with E-state index < -0.39 is 57.9 Å². The van der Waals surface area contributed by atoms with E-state index in [9.17, 15) is 44.3 Å². The molecule has 3 fully saturated rings. The number of nitrogens with one attached hydrogen (secondary N) is 1. The van der Waals surface area contributed by atoms with E-state index in [-0.39, 0.29) is 66.7 Å². The van der Waals surface area contributed by atoms with Crippen LogP contribution in [0.15, 0.2) is 23.8 Å². The number of carbonyl (C=O) groups excluding carboxylic acids is 5. The molecule has 0 radical (unpaired) electrons. The molecule has 4 aliphatic carbocycles. The molecule has 1 amide bonds. The molecule has 3 saturated carbocycles. The molecule has 14 heteroatoms. The van der Waals surface area contributed by atoms with Gasteiger partial charge in [-0.05, 0) is 62.5 Å². The minimum Gasteiger partial charge on any atom is -0.456 e. The Labute approximate surface area is 259 Å². The zero-order chi connectivity index (χ0) is 32.4. The Kier molecular flexibility index (Phi) is 10.1. The second kappa shape index (κ2) is 13.1. The Bertz CT molecular complexity index is 1280. The van der Waals surface area contributed by atoms with Gasteiger partial charge in [-0.1, -0.05) is 37.3 Å². The number of rotatable bonds is 12. The van der Waals surface area contributed by atoms with Crippen molar-refractivity contribution in [1.29, 1.82) is 0 Å². The van der Waals surface area contributed by atoms with E-state index in [4.69, 9.17) is 4.74 Å². The van der Waals surface area contributed by atoms with E-state index >= 15 is 0 Å². The van der Waals surface area contributed by atoms with Crippen LogP contribution in [-0.4, -0.2) is 80.6 Å². The van der Waals surface area contributed by atoms with Gasteiger partial charge in [0, 0.05) is 35.8 Å². The average Bonchev–Trinajstić information content (AvgIpc) is 3.22. The number of hydrogen-bond acceptors (Lipinski definition) is 12. The lowest BCUT2D eigenvalue weighted by molar-refractivity contribution is -0.757. The van der Waals surface area contributed by atoms with Crippen LogP contribution in [0.4, 0.5) is 0 Å². The maximum Gasteiger partial charge on any atom is 0.329 e. The van der Waals surface area contributed by atoms with Gasteiger partial charge in [-0.15, -0.1) is 10.1 Å². The second-order valence-electron chi connectivity index (χ2n) is 12.7. The minimum atomic E-state index is -1.85. The van der Waals surface area contributed by atoms with Crippen molar-refractivity contribution in [3.05, 3.63) is 33.9 Å². The number of esters is 1. The first-order valence-corrected chi connectivity index (χ1v) is 15.9. The quantitative estimate of drug-likeness (QED) is 0.122. The summed E-state index contributed by atoms with van der Waals surface area (Å²) in [6, 6.07) is -1.25. The minimum absolute atomic E-state index is 0.0120. The fourth-order valence-electron chi connectivity index (χ4n) is 8.16. The maximum absolute atomic E-state index is 13.6. The highest BCUT2D eigenvalue weighted by Gasteiger charge is 2.68. The van der Waals surface area contributed by atoms with Crippen LogP contribution in [0.5, 0.6) is 0 Å². The lowest BCUT2D eigenvalue weighted by atomic mass is 9.46. The first kappa shape index (κ1) is 33.8. The van der Waals surface area contributed by atoms with Gasteiger partial charge in [-0.3, -0.25) is 19.2 Å². The van der Waals surface area contributed by atoms with Crippen molar-refractivity contribution in [2.45, 2.75) is 83.5 Å². The average molecular weight is 637 g/mol. The van der Waals surface area contributed by atoms with Crippen LogP contribution >= 0.6 is 11.8 Å². The molecule has 0 bridgehead atoms. The van der Waals surface area contributed by atoms with Crippen molar-refractivity contribution in [2.75, 3.05) is 19.0 Å². The highest BCUT2D eigenvalue weighted by molar-refractivity contribution is 8.13. The van der Waals surface area contributed by atoms with E-state index in [1.54, 1.807) is 12.2 Å². The molecular formula is C30H40N2O11S. The van der Waals surface area contributed by atoms with Crippen LogP contribution in [0.25, 0.3) is 0 Å². The van der Waals surface area contributed by atoms with Gasteiger partial charge in [-0.2, -0.15) is 0 Å². The van der Waals surface area contributed by atoms with Crippen molar-refractivity contribution in [2.24, 2.45) is 28.6 Å². The van der Waals surface area contributed by atoms with Crippen molar-refractivity contribution in [3.8, 4) is 0 Å². The summed E-state index contributed by atoms with van der Waals surface area (Å²) >= 11 is 0.736. The van der Waals surface area contributed by atoms with Crippen LogP contribution < -0.4 is 5.32 Å². The van der Waals surface area contributed by atoms with Gasteiger partial charge in [-0.25, -0.2) is 4.79 Å². The van der Waals surface area contributed by atoms with E-state index in [0.717, 1.165) is 23.8 Å². The third-order valence-corrected chi connectivity index (χ3v) is 11.3. The fraction of sp³-hybridized carbons (Fsp3) is 0.700. The maximum atomic E-state index is 13.6. The molecule has 3 N–H and O–H groups in total. The van der Waals surface area contributed by atoms with E-state index in [1.165, 1.54) is 6.92 Å². The number of aliphatic hydroxyl groups is 2. The standard InChI is InChI=1S/C30H40N2O11S/c1-17(33)31-22(16-44-25(37)5-4-12-43-32(40)41)27(38)42-15-24(36)30(39)11-9-21-20-7-6-18-13-19(34)8-10-28(18,2)26(20)23(35)14-29(21,30)3/h8,10,13,20-23,26,35,39H,4-7,9,11-12,14-16H2,1-3H3,(H,31,33)/t20-,21-,22-,23-,26+,28-,29-,30-/m0/s1. The van der Waals surface area contributed by atoms with E-state index in [1.807, 2.05) is 19.9 Å². The molecular weight excluding hydrogens is 596 g/mol. The molecule has 0 aromatic rings. The van der Waals surface area contributed by atoms with Gasteiger partial charge in [0.25, 0.3) is 5.09 Å². The Morgan fingerprint density at radius 1 is 1.25 bits per heavy atom. The molecule has 13 nitrogen and oxygen atoms in total. The zero-order valence-electron chi connectivity index (χ0n) is 25.1. The summed E-state index contributed by atoms with van der Waals surface area (Å²) in [6.45, 7) is 4.04. The van der Waals surface area contributed by atoms with Gasteiger partial charge in [0.05, 0.1) is 12.7 Å². The molecule has 4 aliphatic rings. The van der Waals surface area contributed by atoms with Crippen molar-refractivity contribution >= 4 is 40.3 Å². The number of aliphatic hydroxyl groups excluding tert-OH is 1. The molecule has 0 aliphatic heterocycles. The SMILES string of the molecule is CC(=O)N[C@@H](CSC(=O)CCCO[N+](=O)[O-])C(=O)OCC(=O)[C@@]1(O)CC[C@H]2[C@@H]3CCC4=CC(=O)C=C[C@]4(C)[C@H]3[C@@H](O)C[C@@]21C. The van der Waals surface area contributed by atoms with E-state index in [0.29, 0.717) is 12.8 Å². The van der Waals surface area contributed by atoms with Crippen molar-refractivity contribution < 1.29 is 48.8 Å². The predicted octanol–water partition coefficient (Wildman–Crippen LogP) is 1.86. The van der Waals surface area contributed by atoms with Crippen molar-refractivity contribution in [3.63, 3.8) is 0 Å². The number of thioether (sulfide) groups is 1. The summed E-state index contributed by atoms with van der Waals surface area (Å²) < 4.78 is 5.26. The summed E-state index contributed by atoms with van der Waals surface area (Å²) in [5.41, 5.74) is -2.30. The van der Waals surface area contributed by atoms with Crippen LogP contribution in [0.2, 0.25) is 0 Å². The van der Waals surface area contributed by atoms with Crippen molar-refractivity contribution in [1.82, 2.24) is 5.32 Å². The number of amides is 1. The molecule has 8 atom stereocenters. The van der Waals surface area contributed by atoms with E-state index in [2.05, 4.69) is 10.2 Å². The largest absolute Gasteiger partial charge is 0.456 e. The molecule has 0 saturated heterocycles. The number of ketones is 2. The summed E-state index contributed by atoms with van der Waals surface area (Å²) in [5.74, 6) is -2.67. The Morgan fingerprint density at radius 3 is 2.66 bits per heavy atom. The number of carbonyl (C=O) groups is 5. The lowest BCUT2D eigenvalue weighted by Gasteiger charge is -2.59. The molecule has 0 aromatic carbocycles. The number of fused-ring (bicyclic) bond motifs is 5. The number of nitrogens with zero attached hydrogens (tertiary/aromatic N) is 1. The molecule has 44 heavy (non-hydrogen) atoms. The van der Waals surface area contributed by atoms with Crippen LogP contribution in [0, 0.1) is 38.7 Å². The predicted molar refractivity (Wildman–Crippen MR) is 156 cm³/mol. The fourth-order valence-corrected chi connectivity index (χ4v) is 9.02. The molecule has 0 heterocycles. The monoisotopic (exact) mass is 636 g/mol. The molecule has 0 spiro atoms. The zero-order valence-corrected chi connectivity index (χ0v) is 25.9. The first-order chi connectivity index (χ1) is 20.6. The molecule has 0 aromatic heterocycles. The molecule has 242 valence electrons. The lowest BCUT2D eigenvalue weighted by Crippen LogP contribution is -2.61. The van der Waals surface area contributed by atoms with Gasteiger partial charge < -0.3 is 25.1 Å². The van der Waals surface area contributed by atoms with Gasteiger partial charge in [0.2, 0.25) is 11.7 Å². The Balaban J connectivity index is 1.39. The van der Waals surface area contributed by atoms with Gasteiger partial charge >= 0.3 is 5.97 Å². The Morgan fingerprint density at radius 2 is 1.98 bits per heavy atom. The summed E-state index contributed by atoms with van der Waals surface area (Å²) in [7, 11) is 0. The summed E-state index contributed by atoms with van der Waals surface area (Å²) in [5, 5.41) is 34.7. The van der Waals surface area contributed by atoms with Crippen LogP contribution in [-0.2, 0) is 33.5 Å². The van der Waals surface area contributed by atoms with Crippen LogP contribution in [0.1, 0.15) is 65.7 Å². The summed E-state index contributed by atoms with van der Waals surface area (Å²) in [6.07, 6.45) is 6.59. The highest BCUT2D eigenvalue weighted by atomic mass is 32.2. The Hall–Kier alpha value is -3.10. The van der Waals surface area contributed by atoms with Gasteiger partial charge in [0.15, 0.2) is 17.5 Å². The third kappa shape index (κ3) is 6.47. The highest BCUT2D eigenvalue weighted by Crippen LogP contribution is 2.67. The van der Waals surface area contributed by atoms with Gasteiger partial charge in [0.1, 0.15) is 11.6 Å². The normalized spacial score (nSPS) is 34.5. The number of ether oxygens (including phenoxy) is 1.